The van der Waals surface area contributed by atoms with Crippen molar-refractivity contribution in [3.8, 4) is 17.1 Å². The highest BCUT2D eigenvalue weighted by atomic mass is 16.3. The number of benzene rings is 10. The minimum Gasteiger partial charge on any atom is -0.455 e. The average Bonchev–Trinajstić information content (AvgIpc) is 3.80. The topological polar surface area (TPSA) is 43.9 Å². The number of fused-ring (bicyclic) bond motifs is 17. The summed E-state index contributed by atoms with van der Waals surface area (Å²) in [5, 5.41) is 16.6. The van der Waals surface area contributed by atoms with Crippen molar-refractivity contribution in [2.75, 3.05) is 0 Å². The van der Waals surface area contributed by atoms with E-state index in [9.17, 15) is 0 Å². The molecule has 0 N–H and O–H groups in total. The Hall–Kier alpha value is -7.56. The molecule has 0 radical (unpaired) electrons. The lowest BCUT2D eigenvalue weighted by molar-refractivity contribution is 0.669. The van der Waals surface area contributed by atoms with Crippen molar-refractivity contribution in [2.24, 2.45) is 0 Å². The van der Waals surface area contributed by atoms with E-state index in [1.165, 1.54) is 53.9 Å². The van der Waals surface area contributed by atoms with Gasteiger partial charge in [-0.15, -0.1) is 0 Å². The minimum absolute atomic E-state index is 0.764. The Balaban J connectivity index is 1.26. The molecule has 0 atom stereocenters. The number of nitrogens with zero attached hydrogens (tertiary/aromatic N) is 3. The van der Waals surface area contributed by atoms with Gasteiger partial charge in [-0.1, -0.05) is 140 Å². The fraction of sp³-hybridized carbons (Fsp3) is 0. The van der Waals surface area contributed by atoms with Crippen LogP contribution in [0.5, 0.6) is 0 Å². The fourth-order valence-electron chi connectivity index (χ4n) is 9.47. The Morgan fingerprint density at radius 2 is 1.02 bits per heavy atom. The van der Waals surface area contributed by atoms with Crippen LogP contribution in [0.1, 0.15) is 0 Å². The van der Waals surface area contributed by atoms with Gasteiger partial charge in [0.25, 0.3) is 0 Å². The molecule has 0 aliphatic carbocycles. The number of furan rings is 1. The minimum atomic E-state index is 0.764. The van der Waals surface area contributed by atoms with Crippen LogP contribution in [0.25, 0.3) is 126 Å². The van der Waals surface area contributed by atoms with E-state index in [0.29, 0.717) is 0 Å². The molecule has 0 bridgehead atoms. The lowest BCUT2D eigenvalue weighted by Gasteiger charge is -2.15. The zero-order valence-electron chi connectivity index (χ0n) is 30.0. The van der Waals surface area contributed by atoms with E-state index >= 15 is 0 Å². The summed E-state index contributed by atoms with van der Waals surface area (Å²) in [4.78, 5) is 11.3. The molecular weight excluding hydrogens is 683 g/mol. The van der Waals surface area contributed by atoms with E-state index in [1.807, 2.05) is 12.1 Å². The van der Waals surface area contributed by atoms with Crippen LogP contribution in [0.3, 0.4) is 0 Å². The predicted octanol–water partition coefficient (Wildman–Crippen LogP) is 14.1. The van der Waals surface area contributed by atoms with E-state index in [1.54, 1.807) is 0 Å². The molecule has 3 heterocycles. The molecular formula is C52H29N3O. The normalized spacial score (nSPS) is 12.3. The van der Waals surface area contributed by atoms with Crippen molar-refractivity contribution in [1.82, 2.24) is 14.5 Å². The Morgan fingerprint density at radius 3 is 1.82 bits per heavy atom. The second-order valence-electron chi connectivity index (χ2n) is 14.9. The Kier molecular flexibility index (Phi) is 5.86. The van der Waals surface area contributed by atoms with E-state index in [0.717, 1.165) is 71.9 Å². The first-order valence-corrected chi connectivity index (χ1v) is 19.1. The summed E-state index contributed by atoms with van der Waals surface area (Å²) in [6.45, 7) is 0. The van der Waals surface area contributed by atoms with Crippen LogP contribution < -0.4 is 0 Å². The SMILES string of the molecule is c1ccc2cc3c(cc2c1)c1c2c4ccccc4c4ccccc4c2ccc1n3-c1nc2ccc3ccccc3c2nc1-c1cccc2c1oc1ccccc12. The van der Waals surface area contributed by atoms with Gasteiger partial charge in [-0.2, -0.15) is 0 Å². The van der Waals surface area contributed by atoms with Gasteiger partial charge in [0.15, 0.2) is 5.82 Å². The number of rotatable bonds is 2. The van der Waals surface area contributed by atoms with Gasteiger partial charge in [-0.05, 0) is 79.5 Å². The van der Waals surface area contributed by atoms with Crippen molar-refractivity contribution >= 4 is 109 Å². The van der Waals surface area contributed by atoms with Crippen LogP contribution >= 0.6 is 0 Å². The first kappa shape index (κ1) is 29.8. The molecule has 13 rings (SSSR count). The molecule has 3 aromatic heterocycles. The van der Waals surface area contributed by atoms with Gasteiger partial charge in [0.1, 0.15) is 16.9 Å². The van der Waals surface area contributed by atoms with E-state index < -0.39 is 0 Å². The smallest absolute Gasteiger partial charge is 0.165 e. The van der Waals surface area contributed by atoms with Crippen LogP contribution in [0.4, 0.5) is 0 Å². The highest BCUT2D eigenvalue weighted by molar-refractivity contribution is 6.36. The Bertz CT molecular complexity index is 3800. The number of aromatic nitrogens is 3. The molecule has 13 aromatic rings. The summed E-state index contributed by atoms with van der Waals surface area (Å²) in [6.07, 6.45) is 0. The molecule has 0 amide bonds. The van der Waals surface area contributed by atoms with Crippen molar-refractivity contribution in [2.45, 2.75) is 0 Å². The van der Waals surface area contributed by atoms with Crippen LogP contribution in [-0.4, -0.2) is 14.5 Å². The molecule has 0 unspecified atom stereocenters. The molecule has 0 aliphatic rings. The average molecular weight is 712 g/mol. The molecule has 56 heavy (non-hydrogen) atoms. The maximum Gasteiger partial charge on any atom is 0.165 e. The number of hydrogen-bond acceptors (Lipinski definition) is 3. The monoisotopic (exact) mass is 711 g/mol. The highest BCUT2D eigenvalue weighted by Gasteiger charge is 2.25. The Labute approximate surface area is 319 Å². The molecule has 4 nitrogen and oxygen atoms in total. The molecule has 4 heteroatoms. The third kappa shape index (κ3) is 3.97. The lowest BCUT2D eigenvalue weighted by atomic mass is 9.91. The largest absolute Gasteiger partial charge is 0.455 e. The van der Waals surface area contributed by atoms with Gasteiger partial charge in [-0.3, -0.25) is 4.57 Å². The van der Waals surface area contributed by atoms with Gasteiger partial charge in [-0.25, -0.2) is 9.97 Å². The summed E-state index contributed by atoms with van der Waals surface area (Å²) in [5.41, 5.74) is 7.20. The second kappa shape index (κ2) is 11.0. The molecule has 0 aliphatic heterocycles. The summed E-state index contributed by atoms with van der Waals surface area (Å²) in [5.74, 6) is 0.764. The summed E-state index contributed by atoms with van der Waals surface area (Å²) >= 11 is 0. The molecule has 0 fully saturated rings. The molecule has 258 valence electrons. The van der Waals surface area contributed by atoms with Gasteiger partial charge in [0.2, 0.25) is 0 Å². The number of para-hydroxylation sites is 2. The molecule has 0 saturated heterocycles. The third-order valence-corrected chi connectivity index (χ3v) is 11.9. The van der Waals surface area contributed by atoms with Crippen molar-refractivity contribution in [1.29, 1.82) is 0 Å². The quantitative estimate of drug-likeness (QED) is 0.168. The number of hydrogen-bond donors (Lipinski definition) is 0. The van der Waals surface area contributed by atoms with Gasteiger partial charge in [0.05, 0.1) is 22.1 Å². The summed E-state index contributed by atoms with van der Waals surface area (Å²) in [6, 6.07) is 63.0. The molecule has 10 aromatic carbocycles. The van der Waals surface area contributed by atoms with Crippen LogP contribution in [0.2, 0.25) is 0 Å². The summed E-state index contributed by atoms with van der Waals surface area (Å²) < 4.78 is 9.07. The highest BCUT2D eigenvalue weighted by Crippen LogP contribution is 2.46. The second-order valence-corrected chi connectivity index (χ2v) is 14.9. The van der Waals surface area contributed by atoms with E-state index in [2.05, 4.69) is 168 Å². The third-order valence-electron chi connectivity index (χ3n) is 11.9. The standard InChI is InChI=1S/C52H29N3O/c1-2-14-32-29-45-42(28-31(32)13-1)48-44(27-25-39-36-18-6-5-16-34(36)35-17-7-8-20-38(35)47(39)48)55(45)52-50(54-49-33-15-4-3-12-30(33)24-26-43(49)53-52)41-22-11-21-40-37-19-9-10-23-46(37)56-51(40)41/h1-29H. The van der Waals surface area contributed by atoms with Crippen LogP contribution in [0.15, 0.2) is 180 Å². The Morgan fingerprint density at radius 1 is 0.393 bits per heavy atom. The first-order chi connectivity index (χ1) is 27.8. The van der Waals surface area contributed by atoms with E-state index in [4.69, 9.17) is 14.4 Å². The fourth-order valence-corrected chi connectivity index (χ4v) is 9.47. The van der Waals surface area contributed by atoms with Gasteiger partial charge < -0.3 is 4.42 Å². The van der Waals surface area contributed by atoms with Gasteiger partial charge in [0, 0.05) is 37.9 Å². The van der Waals surface area contributed by atoms with Crippen molar-refractivity contribution < 1.29 is 4.42 Å². The summed E-state index contributed by atoms with van der Waals surface area (Å²) in [7, 11) is 0. The molecule has 0 saturated carbocycles. The van der Waals surface area contributed by atoms with Crippen molar-refractivity contribution in [3.05, 3.63) is 176 Å². The first-order valence-electron chi connectivity index (χ1n) is 19.1. The zero-order valence-corrected chi connectivity index (χ0v) is 30.0. The van der Waals surface area contributed by atoms with Crippen LogP contribution in [-0.2, 0) is 0 Å². The maximum absolute atomic E-state index is 6.71. The lowest BCUT2D eigenvalue weighted by Crippen LogP contribution is -2.04. The van der Waals surface area contributed by atoms with Crippen LogP contribution in [0, 0.1) is 0 Å². The van der Waals surface area contributed by atoms with E-state index in [-0.39, 0.29) is 0 Å². The van der Waals surface area contributed by atoms with Crippen molar-refractivity contribution in [3.63, 3.8) is 0 Å². The van der Waals surface area contributed by atoms with Gasteiger partial charge >= 0.3 is 0 Å². The maximum atomic E-state index is 6.71. The zero-order chi connectivity index (χ0) is 36.5. The molecule has 0 spiro atoms. The predicted molar refractivity (Wildman–Crippen MR) is 234 cm³/mol.